The SMILES string of the molecule is CCOC(=O)[C@H](N=C1C[C@H]2CC[C@]1(C)C2(C)C)[C@H](C)CC(=O)OC. The minimum absolute atomic E-state index is 0.0351. The first-order chi connectivity index (χ1) is 11.2. The number of hydrogen-bond acceptors (Lipinski definition) is 5. The van der Waals surface area contributed by atoms with Crippen LogP contribution in [-0.2, 0) is 19.1 Å². The van der Waals surface area contributed by atoms with Crippen molar-refractivity contribution in [1.29, 1.82) is 0 Å². The molecule has 0 saturated heterocycles. The van der Waals surface area contributed by atoms with Crippen molar-refractivity contribution in [3.05, 3.63) is 0 Å². The van der Waals surface area contributed by atoms with Gasteiger partial charge in [0.15, 0.2) is 6.04 Å². The number of esters is 2. The van der Waals surface area contributed by atoms with Crippen LogP contribution in [0.25, 0.3) is 0 Å². The van der Waals surface area contributed by atoms with Gasteiger partial charge in [-0.05, 0) is 43.4 Å². The topological polar surface area (TPSA) is 65.0 Å². The Morgan fingerprint density at radius 1 is 1.33 bits per heavy atom. The minimum atomic E-state index is -0.633. The van der Waals surface area contributed by atoms with E-state index in [1.54, 1.807) is 6.92 Å². The number of rotatable bonds is 6. The molecule has 0 aromatic rings. The first kappa shape index (κ1) is 18.9. The van der Waals surface area contributed by atoms with Gasteiger partial charge in [0, 0.05) is 11.1 Å². The molecule has 0 aromatic carbocycles. The van der Waals surface area contributed by atoms with E-state index in [0.29, 0.717) is 12.5 Å². The standard InChI is InChI=1S/C19H31NO4/c1-7-24-17(22)16(12(2)10-15(21)23-6)20-14-11-13-8-9-19(14,5)18(13,3)4/h12-13,16H,7-11H2,1-6H3/t12-,13-,16-,19+/m1/s1. The van der Waals surface area contributed by atoms with Crippen molar-refractivity contribution in [2.75, 3.05) is 13.7 Å². The van der Waals surface area contributed by atoms with Crippen LogP contribution in [0.5, 0.6) is 0 Å². The summed E-state index contributed by atoms with van der Waals surface area (Å²) < 4.78 is 9.96. The average Bonchev–Trinajstić information content (AvgIpc) is 2.85. The Labute approximate surface area is 145 Å². The number of carbonyl (C=O) groups is 2. The molecule has 5 heteroatoms. The van der Waals surface area contributed by atoms with E-state index < -0.39 is 6.04 Å². The van der Waals surface area contributed by atoms with E-state index in [2.05, 4.69) is 20.8 Å². The molecule has 2 fully saturated rings. The molecule has 2 bridgehead atoms. The largest absolute Gasteiger partial charge is 0.469 e. The van der Waals surface area contributed by atoms with E-state index in [4.69, 9.17) is 14.5 Å². The summed E-state index contributed by atoms with van der Waals surface area (Å²) in [5.74, 6) is -0.281. The Hall–Kier alpha value is -1.39. The molecule has 0 heterocycles. The van der Waals surface area contributed by atoms with E-state index in [-0.39, 0.29) is 35.1 Å². The summed E-state index contributed by atoms with van der Waals surface area (Å²) in [6.07, 6.45) is 3.46. The van der Waals surface area contributed by atoms with Gasteiger partial charge in [-0.2, -0.15) is 0 Å². The molecule has 5 nitrogen and oxygen atoms in total. The fourth-order valence-electron chi connectivity index (χ4n) is 4.39. The number of aliphatic imine (C=N–C) groups is 1. The average molecular weight is 337 g/mol. The van der Waals surface area contributed by atoms with Crippen molar-refractivity contribution in [1.82, 2.24) is 0 Å². The van der Waals surface area contributed by atoms with Gasteiger partial charge in [-0.25, -0.2) is 4.79 Å². The number of methoxy groups -OCH3 is 1. The van der Waals surface area contributed by atoms with Crippen LogP contribution in [0.1, 0.15) is 60.3 Å². The third kappa shape index (κ3) is 3.09. The Bertz CT molecular complexity index is 539. The molecule has 0 amide bonds. The molecule has 0 aliphatic heterocycles. The normalized spacial score (nSPS) is 31.8. The van der Waals surface area contributed by atoms with Crippen molar-refractivity contribution in [2.24, 2.45) is 27.7 Å². The number of fused-ring (bicyclic) bond motifs is 2. The van der Waals surface area contributed by atoms with E-state index in [1.807, 2.05) is 6.92 Å². The molecule has 0 radical (unpaired) electrons. The van der Waals surface area contributed by atoms with E-state index in [1.165, 1.54) is 13.5 Å². The molecule has 2 aliphatic rings. The van der Waals surface area contributed by atoms with Crippen LogP contribution < -0.4 is 0 Å². The molecule has 0 spiro atoms. The molecule has 136 valence electrons. The first-order valence-electron chi connectivity index (χ1n) is 8.98. The number of carbonyl (C=O) groups excluding carboxylic acids is 2. The summed E-state index contributed by atoms with van der Waals surface area (Å²) in [7, 11) is 1.36. The highest BCUT2D eigenvalue weighted by Gasteiger charge is 2.60. The lowest BCUT2D eigenvalue weighted by atomic mass is 9.70. The van der Waals surface area contributed by atoms with Crippen molar-refractivity contribution >= 4 is 17.7 Å². The van der Waals surface area contributed by atoms with Crippen LogP contribution in [-0.4, -0.2) is 37.4 Å². The van der Waals surface area contributed by atoms with Gasteiger partial charge in [-0.3, -0.25) is 9.79 Å². The lowest BCUT2D eigenvalue weighted by Crippen LogP contribution is -2.36. The van der Waals surface area contributed by atoms with Crippen molar-refractivity contribution in [3.8, 4) is 0 Å². The predicted octanol–water partition coefficient (Wildman–Crippen LogP) is 3.40. The lowest BCUT2D eigenvalue weighted by Gasteiger charge is -2.35. The predicted molar refractivity (Wildman–Crippen MR) is 92.9 cm³/mol. The second-order valence-electron chi connectivity index (χ2n) is 8.02. The third-order valence-corrected chi connectivity index (χ3v) is 6.59. The Kier molecular flexibility index (Phi) is 5.41. The molecule has 0 aromatic heterocycles. The quantitative estimate of drug-likeness (QED) is 0.697. The minimum Gasteiger partial charge on any atom is -0.469 e. The Morgan fingerprint density at radius 2 is 2.00 bits per heavy atom. The smallest absolute Gasteiger partial charge is 0.331 e. The molecule has 24 heavy (non-hydrogen) atoms. The zero-order valence-corrected chi connectivity index (χ0v) is 15.8. The molecule has 4 atom stereocenters. The van der Waals surface area contributed by atoms with E-state index in [0.717, 1.165) is 18.6 Å². The third-order valence-electron chi connectivity index (χ3n) is 6.59. The van der Waals surface area contributed by atoms with Crippen LogP contribution >= 0.6 is 0 Å². The van der Waals surface area contributed by atoms with Gasteiger partial charge in [0.2, 0.25) is 0 Å². The van der Waals surface area contributed by atoms with Crippen LogP contribution in [0.15, 0.2) is 4.99 Å². The number of hydrogen-bond donors (Lipinski definition) is 0. The van der Waals surface area contributed by atoms with Crippen LogP contribution in [0.3, 0.4) is 0 Å². The summed E-state index contributed by atoms with van der Waals surface area (Å²) >= 11 is 0. The summed E-state index contributed by atoms with van der Waals surface area (Å²) in [5.41, 5.74) is 1.36. The van der Waals surface area contributed by atoms with Crippen molar-refractivity contribution in [3.63, 3.8) is 0 Å². The van der Waals surface area contributed by atoms with Gasteiger partial charge < -0.3 is 9.47 Å². The van der Waals surface area contributed by atoms with Gasteiger partial charge in [0.25, 0.3) is 0 Å². The molecular weight excluding hydrogens is 306 g/mol. The lowest BCUT2D eigenvalue weighted by molar-refractivity contribution is -0.147. The maximum Gasteiger partial charge on any atom is 0.331 e. The van der Waals surface area contributed by atoms with Gasteiger partial charge in [0.05, 0.1) is 20.1 Å². The highest BCUT2D eigenvalue weighted by atomic mass is 16.5. The zero-order chi connectivity index (χ0) is 18.1. The molecule has 0 unspecified atom stereocenters. The molecule has 2 rings (SSSR count). The zero-order valence-electron chi connectivity index (χ0n) is 15.8. The van der Waals surface area contributed by atoms with Crippen molar-refractivity contribution < 1.29 is 19.1 Å². The summed E-state index contributed by atoms with van der Waals surface area (Å²) in [5, 5.41) is 0. The molecule has 0 N–H and O–H groups in total. The summed E-state index contributed by atoms with van der Waals surface area (Å²) in [6.45, 7) is 10.9. The second kappa shape index (κ2) is 6.85. The highest BCUT2D eigenvalue weighted by molar-refractivity contribution is 5.96. The molecular formula is C19H31NO4. The van der Waals surface area contributed by atoms with Crippen molar-refractivity contribution in [2.45, 2.75) is 66.3 Å². The maximum atomic E-state index is 12.4. The number of ether oxygens (including phenoxy) is 2. The first-order valence-corrected chi connectivity index (χ1v) is 8.98. The fraction of sp³-hybridized carbons (Fsp3) is 0.842. The number of nitrogens with zero attached hydrogens (tertiary/aromatic N) is 1. The van der Waals surface area contributed by atoms with Crippen LogP contribution in [0.4, 0.5) is 0 Å². The van der Waals surface area contributed by atoms with Gasteiger partial charge in [-0.1, -0.05) is 27.7 Å². The van der Waals surface area contributed by atoms with Gasteiger partial charge in [-0.15, -0.1) is 0 Å². The summed E-state index contributed by atoms with van der Waals surface area (Å²) in [4.78, 5) is 28.9. The van der Waals surface area contributed by atoms with E-state index >= 15 is 0 Å². The van der Waals surface area contributed by atoms with Gasteiger partial charge in [0.1, 0.15) is 0 Å². The molecule has 2 aliphatic carbocycles. The Balaban J connectivity index is 2.28. The summed E-state index contributed by atoms with van der Waals surface area (Å²) in [6, 6.07) is -0.633. The van der Waals surface area contributed by atoms with E-state index in [9.17, 15) is 9.59 Å². The monoisotopic (exact) mass is 337 g/mol. The fourth-order valence-corrected chi connectivity index (χ4v) is 4.39. The highest BCUT2D eigenvalue weighted by Crippen LogP contribution is 2.64. The second-order valence-corrected chi connectivity index (χ2v) is 8.02. The van der Waals surface area contributed by atoms with Crippen LogP contribution in [0.2, 0.25) is 0 Å². The maximum absolute atomic E-state index is 12.4. The molecule has 2 saturated carbocycles. The van der Waals surface area contributed by atoms with Gasteiger partial charge >= 0.3 is 11.9 Å². The van der Waals surface area contributed by atoms with Crippen LogP contribution in [0, 0.1) is 22.7 Å². The Morgan fingerprint density at radius 3 is 2.46 bits per heavy atom.